The van der Waals surface area contributed by atoms with Gasteiger partial charge < -0.3 is 0 Å². The molecule has 3 aromatic carbocycles. The van der Waals surface area contributed by atoms with E-state index in [2.05, 4.69) is 92.7 Å². The fraction of sp³-hybridized carbons (Fsp3) is 0.130. The first-order valence-corrected chi connectivity index (χ1v) is 8.10. The number of fused-ring (bicyclic) bond motifs is 1. The lowest BCUT2D eigenvalue weighted by molar-refractivity contribution is 1.51. The normalized spacial score (nSPS) is 12.2. The molecule has 0 atom stereocenters. The van der Waals surface area contributed by atoms with E-state index in [-0.39, 0.29) is 0 Å². The Morgan fingerprint density at radius 2 is 1.65 bits per heavy atom. The molecule has 0 heteroatoms. The third-order valence-electron chi connectivity index (χ3n) is 4.31. The molecule has 0 N–H and O–H groups in total. The van der Waals surface area contributed by atoms with Crippen LogP contribution < -0.4 is 0 Å². The minimum absolute atomic E-state index is 1.27. The van der Waals surface area contributed by atoms with E-state index in [1.165, 1.54) is 38.6 Å². The monoisotopic (exact) mass is 298 g/mol. The zero-order valence-corrected chi connectivity index (χ0v) is 14.0. The van der Waals surface area contributed by atoms with Crippen LogP contribution in [0.15, 0.2) is 78.9 Å². The average molecular weight is 298 g/mol. The largest absolute Gasteiger partial charge is 0.0877 e. The van der Waals surface area contributed by atoms with E-state index in [1.54, 1.807) is 0 Å². The Bertz CT molecular complexity index is 881. The topological polar surface area (TPSA) is 0 Å². The van der Waals surface area contributed by atoms with Crippen LogP contribution in [-0.2, 0) is 0 Å². The maximum Gasteiger partial charge on any atom is -0.00275 e. The summed E-state index contributed by atoms with van der Waals surface area (Å²) in [6.07, 6.45) is 6.36. The Morgan fingerprint density at radius 3 is 2.39 bits per heavy atom. The molecule has 0 nitrogen and oxygen atoms in total. The van der Waals surface area contributed by atoms with Gasteiger partial charge in [-0.1, -0.05) is 78.9 Å². The first kappa shape index (κ1) is 15.3. The number of benzene rings is 3. The zero-order valence-electron chi connectivity index (χ0n) is 14.0. The van der Waals surface area contributed by atoms with E-state index in [9.17, 15) is 0 Å². The van der Waals surface area contributed by atoms with E-state index in [0.29, 0.717) is 0 Å². The molecule has 0 radical (unpaired) electrons. The van der Waals surface area contributed by atoms with Gasteiger partial charge in [0.15, 0.2) is 0 Å². The van der Waals surface area contributed by atoms with Gasteiger partial charge in [-0.3, -0.25) is 0 Å². The standard InChI is InChI=1S/C23H22/c1-4-5-10-17(2)20-13-9-14-21-18(3)15-16-22(23(20)21)19-11-7-6-8-12-19/h4-16H,1-3H3/b5-4+,17-10+. The molecular weight excluding hydrogens is 276 g/mol. The molecule has 0 aromatic heterocycles. The lowest BCUT2D eigenvalue weighted by Gasteiger charge is -2.14. The highest BCUT2D eigenvalue weighted by atomic mass is 14.1. The highest BCUT2D eigenvalue weighted by Crippen LogP contribution is 2.35. The summed E-state index contributed by atoms with van der Waals surface area (Å²) in [5.41, 5.74) is 6.49. The zero-order chi connectivity index (χ0) is 16.2. The lowest BCUT2D eigenvalue weighted by atomic mass is 9.90. The van der Waals surface area contributed by atoms with Gasteiger partial charge in [-0.25, -0.2) is 0 Å². The first-order chi connectivity index (χ1) is 11.2. The van der Waals surface area contributed by atoms with Crippen molar-refractivity contribution in [2.24, 2.45) is 0 Å². The smallest absolute Gasteiger partial charge is 0.00275 e. The fourth-order valence-corrected chi connectivity index (χ4v) is 3.07. The maximum atomic E-state index is 2.25. The van der Waals surface area contributed by atoms with E-state index < -0.39 is 0 Å². The molecule has 23 heavy (non-hydrogen) atoms. The van der Waals surface area contributed by atoms with Crippen molar-refractivity contribution in [3.8, 4) is 11.1 Å². The van der Waals surface area contributed by atoms with Gasteiger partial charge in [-0.2, -0.15) is 0 Å². The number of aryl methyl sites for hydroxylation is 1. The van der Waals surface area contributed by atoms with Gasteiger partial charge >= 0.3 is 0 Å². The molecule has 0 saturated heterocycles. The van der Waals surface area contributed by atoms with Crippen molar-refractivity contribution in [1.82, 2.24) is 0 Å². The van der Waals surface area contributed by atoms with Crippen LogP contribution in [0.25, 0.3) is 27.5 Å². The second-order valence-corrected chi connectivity index (χ2v) is 5.90. The van der Waals surface area contributed by atoms with Crippen molar-refractivity contribution in [3.63, 3.8) is 0 Å². The van der Waals surface area contributed by atoms with Crippen molar-refractivity contribution in [2.45, 2.75) is 20.8 Å². The van der Waals surface area contributed by atoms with Crippen LogP contribution in [0.4, 0.5) is 0 Å². The molecule has 0 amide bonds. The van der Waals surface area contributed by atoms with Crippen LogP contribution in [0.5, 0.6) is 0 Å². The Hall–Kier alpha value is -2.60. The highest BCUT2D eigenvalue weighted by molar-refractivity contribution is 6.05. The van der Waals surface area contributed by atoms with Gasteiger partial charge in [-0.05, 0) is 59.4 Å². The predicted molar refractivity (Wildman–Crippen MR) is 103 cm³/mol. The van der Waals surface area contributed by atoms with Gasteiger partial charge in [0.2, 0.25) is 0 Å². The Labute approximate surface area is 138 Å². The Morgan fingerprint density at radius 1 is 0.870 bits per heavy atom. The average Bonchev–Trinajstić information content (AvgIpc) is 2.60. The van der Waals surface area contributed by atoms with Gasteiger partial charge in [0.25, 0.3) is 0 Å². The molecule has 0 fully saturated rings. The second-order valence-electron chi connectivity index (χ2n) is 5.90. The maximum absolute atomic E-state index is 2.25. The minimum atomic E-state index is 1.27. The van der Waals surface area contributed by atoms with Crippen LogP contribution in [0.2, 0.25) is 0 Å². The van der Waals surface area contributed by atoms with Crippen molar-refractivity contribution >= 4 is 16.3 Å². The summed E-state index contributed by atoms with van der Waals surface area (Å²) in [6.45, 7) is 6.42. The minimum Gasteiger partial charge on any atom is -0.0877 e. The molecule has 0 unspecified atom stereocenters. The molecular formula is C23H22. The molecule has 0 aliphatic rings. The third kappa shape index (κ3) is 2.98. The van der Waals surface area contributed by atoms with E-state index in [4.69, 9.17) is 0 Å². The number of allylic oxidation sites excluding steroid dienone is 4. The summed E-state index contributed by atoms with van der Waals surface area (Å²) in [6, 6.07) is 21.7. The summed E-state index contributed by atoms with van der Waals surface area (Å²) < 4.78 is 0. The summed E-state index contributed by atoms with van der Waals surface area (Å²) in [7, 11) is 0. The van der Waals surface area contributed by atoms with Crippen molar-refractivity contribution in [1.29, 1.82) is 0 Å². The van der Waals surface area contributed by atoms with Crippen LogP contribution in [-0.4, -0.2) is 0 Å². The molecule has 0 heterocycles. The second kappa shape index (κ2) is 6.66. The van der Waals surface area contributed by atoms with Crippen LogP contribution in [0, 0.1) is 6.92 Å². The van der Waals surface area contributed by atoms with Crippen molar-refractivity contribution < 1.29 is 0 Å². The summed E-state index contributed by atoms with van der Waals surface area (Å²) >= 11 is 0. The number of hydrogen-bond acceptors (Lipinski definition) is 0. The molecule has 3 aromatic rings. The van der Waals surface area contributed by atoms with Gasteiger partial charge in [-0.15, -0.1) is 0 Å². The number of rotatable bonds is 3. The molecule has 0 bridgehead atoms. The first-order valence-electron chi connectivity index (χ1n) is 8.10. The van der Waals surface area contributed by atoms with Crippen molar-refractivity contribution in [3.05, 3.63) is 90.0 Å². The lowest BCUT2D eigenvalue weighted by Crippen LogP contribution is -1.90. The van der Waals surface area contributed by atoms with Gasteiger partial charge in [0, 0.05) is 0 Å². The molecule has 0 aliphatic carbocycles. The molecule has 0 spiro atoms. The van der Waals surface area contributed by atoms with Gasteiger partial charge in [0.1, 0.15) is 0 Å². The SMILES string of the molecule is C/C=C/C=C(\C)c1cccc2c(C)ccc(-c3ccccc3)c12. The van der Waals surface area contributed by atoms with Crippen LogP contribution in [0.3, 0.4) is 0 Å². The number of hydrogen-bond donors (Lipinski definition) is 0. The molecule has 0 aliphatic heterocycles. The Kier molecular flexibility index (Phi) is 4.43. The van der Waals surface area contributed by atoms with E-state index >= 15 is 0 Å². The molecule has 3 rings (SSSR count). The Balaban J connectivity index is 2.36. The van der Waals surface area contributed by atoms with Crippen molar-refractivity contribution in [2.75, 3.05) is 0 Å². The summed E-state index contributed by atoms with van der Waals surface area (Å²) in [4.78, 5) is 0. The van der Waals surface area contributed by atoms with Crippen LogP contribution in [0.1, 0.15) is 25.0 Å². The molecule has 114 valence electrons. The highest BCUT2D eigenvalue weighted by Gasteiger charge is 2.10. The predicted octanol–water partition coefficient (Wildman–Crippen LogP) is 6.79. The quantitative estimate of drug-likeness (QED) is 0.467. The third-order valence-corrected chi connectivity index (χ3v) is 4.31. The van der Waals surface area contributed by atoms with Crippen LogP contribution >= 0.6 is 0 Å². The summed E-state index contributed by atoms with van der Waals surface area (Å²) in [5, 5.41) is 2.68. The van der Waals surface area contributed by atoms with E-state index in [1.807, 2.05) is 6.92 Å². The van der Waals surface area contributed by atoms with E-state index in [0.717, 1.165) is 0 Å². The van der Waals surface area contributed by atoms with Gasteiger partial charge in [0.05, 0.1) is 0 Å². The summed E-state index contributed by atoms with van der Waals surface area (Å²) in [5.74, 6) is 0. The fourth-order valence-electron chi connectivity index (χ4n) is 3.07. The molecule has 0 saturated carbocycles.